The van der Waals surface area contributed by atoms with Crippen LogP contribution in [0.4, 0.5) is 0 Å². The average molecular weight is 226 g/mol. The van der Waals surface area contributed by atoms with Gasteiger partial charge in [0.2, 0.25) is 5.91 Å². The molecule has 0 spiro atoms. The van der Waals surface area contributed by atoms with Crippen molar-refractivity contribution in [2.45, 2.75) is 39.7 Å². The predicted octanol–water partition coefficient (Wildman–Crippen LogP) is 1.43. The van der Waals surface area contributed by atoms with E-state index >= 15 is 0 Å². The van der Waals surface area contributed by atoms with E-state index in [0.717, 1.165) is 12.8 Å². The van der Waals surface area contributed by atoms with Crippen molar-refractivity contribution in [3.63, 3.8) is 0 Å². The van der Waals surface area contributed by atoms with E-state index < -0.39 is 0 Å². The van der Waals surface area contributed by atoms with E-state index in [1.807, 2.05) is 0 Å². The van der Waals surface area contributed by atoms with Gasteiger partial charge in [-0.3, -0.25) is 4.79 Å². The summed E-state index contributed by atoms with van der Waals surface area (Å²) in [5.74, 6) is 0.822. The van der Waals surface area contributed by atoms with Crippen molar-refractivity contribution >= 4 is 23.2 Å². The Morgan fingerprint density at radius 1 is 1.33 bits per heavy atom. The minimum Gasteiger partial charge on any atom is -0.359 e. The molecule has 1 aliphatic heterocycles. The maximum atomic E-state index is 11.7. The largest absolute Gasteiger partial charge is 0.359 e. The van der Waals surface area contributed by atoms with E-state index in [0.29, 0.717) is 11.0 Å². The van der Waals surface area contributed by atoms with Gasteiger partial charge >= 0.3 is 0 Å². The molecule has 1 saturated carbocycles. The molecule has 2 fully saturated rings. The molecule has 0 aromatic heterocycles. The minimum atomic E-state index is 0.107. The lowest BCUT2D eigenvalue weighted by atomic mass is 9.79. The van der Waals surface area contributed by atoms with Crippen molar-refractivity contribution in [3.05, 3.63) is 0 Å². The summed E-state index contributed by atoms with van der Waals surface area (Å²) < 4.78 is 0. The van der Waals surface area contributed by atoms with E-state index in [1.165, 1.54) is 0 Å². The van der Waals surface area contributed by atoms with E-state index in [1.54, 1.807) is 0 Å². The second-order valence-electron chi connectivity index (χ2n) is 5.71. The van der Waals surface area contributed by atoms with Crippen LogP contribution >= 0.6 is 12.2 Å². The number of carbonyl (C=O) groups excluding carboxylic acids is 1. The molecule has 0 aromatic rings. The Kier molecular flexibility index (Phi) is 2.49. The zero-order chi connectivity index (χ0) is 11.2. The summed E-state index contributed by atoms with van der Waals surface area (Å²) in [4.78, 5) is 11.7. The van der Waals surface area contributed by atoms with Gasteiger partial charge < -0.3 is 10.6 Å². The van der Waals surface area contributed by atoms with Crippen LogP contribution in [0.5, 0.6) is 0 Å². The summed E-state index contributed by atoms with van der Waals surface area (Å²) in [7, 11) is 0. The number of amides is 1. The van der Waals surface area contributed by atoms with Crippen molar-refractivity contribution in [1.29, 1.82) is 0 Å². The van der Waals surface area contributed by atoms with Gasteiger partial charge in [0.1, 0.15) is 0 Å². The SMILES string of the molecule is CC(C)(C)[C@H]1C[C@@H]2NC(=S)NC(=O)[C@@H]2C1. The molecule has 2 N–H and O–H groups in total. The first-order valence-corrected chi connectivity index (χ1v) is 5.90. The molecule has 84 valence electrons. The van der Waals surface area contributed by atoms with Gasteiger partial charge in [-0.25, -0.2) is 0 Å². The third kappa shape index (κ3) is 2.00. The van der Waals surface area contributed by atoms with Crippen LogP contribution in [-0.2, 0) is 4.79 Å². The summed E-state index contributed by atoms with van der Waals surface area (Å²) in [6.07, 6.45) is 2.04. The van der Waals surface area contributed by atoms with Crippen molar-refractivity contribution in [2.75, 3.05) is 0 Å². The fourth-order valence-electron chi connectivity index (χ4n) is 2.60. The molecule has 0 aromatic carbocycles. The normalized spacial score (nSPS) is 35.8. The van der Waals surface area contributed by atoms with Crippen molar-refractivity contribution in [2.24, 2.45) is 17.3 Å². The maximum absolute atomic E-state index is 11.7. The van der Waals surface area contributed by atoms with E-state index in [9.17, 15) is 4.79 Å². The van der Waals surface area contributed by atoms with Crippen LogP contribution in [0, 0.1) is 17.3 Å². The first kappa shape index (κ1) is 10.9. The Morgan fingerprint density at radius 3 is 2.60 bits per heavy atom. The van der Waals surface area contributed by atoms with Crippen LogP contribution in [0.25, 0.3) is 0 Å². The third-order valence-electron chi connectivity index (χ3n) is 3.68. The van der Waals surface area contributed by atoms with Gasteiger partial charge in [0.05, 0.1) is 5.92 Å². The van der Waals surface area contributed by atoms with E-state index in [4.69, 9.17) is 12.2 Å². The molecule has 3 nitrogen and oxygen atoms in total. The monoisotopic (exact) mass is 226 g/mol. The summed E-state index contributed by atoms with van der Waals surface area (Å²) in [5.41, 5.74) is 0.279. The van der Waals surface area contributed by atoms with Crippen molar-refractivity contribution < 1.29 is 4.79 Å². The quantitative estimate of drug-likeness (QED) is 0.614. The lowest BCUT2D eigenvalue weighted by molar-refractivity contribution is -0.124. The minimum absolute atomic E-state index is 0.107. The first-order chi connectivity index (χ1) is 6.88. The molecule has 15 heavy (non-hydrogen) atoms. The molecule has 2 aliphatic rings. The van der Waals surface area contributed by atoms with Gasteiger partial charge in [-0.2, -0.15) is 0 Å². The fraction of sp³-hybridized carbons (Fsp3) is 0.818. The van der Waals surface area contributed by atoms with Crippen LogP contribution in [0.15, 0.2) is 0 Å². The number of hydrogen-bond acceptors (Lipinski definition) is 2. The van der Waals surface area contributed by atoms with Crippen LogP contribution in [-0.4, -0.2) is 17.1 Å². The first-order valence-electron chi connectivity index (χ1n) is 5.49. The average Bonchev–Trinajstić information content (AvgIpc) is 2.46. The number of thiocarbonyl (C=S) groups is 1. The maximum Gasteiger partial charge on any atom is 0.231 e. The lowest BCUT2D eigenvalue weighted by Gasteiger charge is -2.27. The molecule has 1 saturated heterocycles. The Morgan fingerprint density at radius 2 is 2.00 bits per heavy atom. The molecule has 0 unspecified atom stereocenters. The van der Waals surface area contributed by atoms with E-state index in [-0.39, 0.29) is 23.3 Å². The number of fused-ring (bicyclic) bond motifs is 1. The van der Waals surface area contributed by atoms with Gasteiger partial charge in [0.15, 0.2) is 5.11 Å². The summed E-state index contributed by atoms with van der Waals surface area (Å²) >= 11 is 5.00. The zero-order valence-electron chi connectivity index (χ0n) is 9.46. The van der Waals surface area contributed by atoms with Crippen molar-refractivity contribution in [3.8, 4) is 0 Å². The van der Waals surface area contributed by atoms with Gasteiger partial charge in [-0.05, 0) is 36.4 Å². The third-order valence-corrected chi connectivity index (χ3v) is 3.90. The number of carbonyl (C=O) groups is 1. The predicted molar refractivity (Wildman–Crippen MR) is 63.3 cm³/mol. The number of rotatable bonds is 0. The Labute approximate surface area is 96.0 Å². The molecule has 1 aliphatic carbocycles. The number of hydrogen-bond donors (Lipinski definition) is 2. The molecule has 3 atom stereocenters. The highest BCUT2D eigenvalue weighted by molar-refractivity contribution is 7.80. The van der Waals surface area contributed by atoms with Gasteiger partial charge in [-0.15, -0.1) is 0 Å². The summed E-state index contributed by atoms with van der Waals surface area (Å²) in [6.45, 7) is 6.72. The zero-order valence-corrected chi connectivity index (χ0v) is 10.3. The smallest absolute Gasteiger partial charge is 0.231 e. The summed E-state index contributed by atoms with van der Waals surface area (Å²) in [6, 6.07) is 0.260. The Balaban J connectivity index is 2.12. The fourth-order valence-corrected chi connectivity index (χ4v) is 2.86. The summed E-state index contributed by atoms with van der Waals surface area (Å²) in [5, 5.41) is 6.41. The van der Waals surface area contributed by atoms with Crippen LogP contribution in [0.1, 0.15) is 33.6 Å². The molecular formula is C11H18N2OS. The van der Waals surface area contributed by atoms with Crippen LogP contribution in [0.2, 0.25) is 0 Å². The molecule has 1 amide bonds. The van der Waals surface area contributed by atoms with Crippen LogP contribution in [0.3, 0.4) is 0 Å². The molecular weight excluding hydrogens is 208 g/mol. The van der Waals surface area contributed by atoms with Crippen molar-refractivity contribution in [1.82, 2.24) is 10.6 Å². The van der Waals surface area contributed by atoms with E-state index in [2.05, 4.69) is 31.4 Å². The van der Waals surface area contributed by atoms with Gasteiger partial charge in [0.25, 0.3) is 0 Å². The Bertz CT molecular complexity index is 308. The Hall–Kier alpha value is -0.640. The van der Waals surface area contributed by atoms with Gasteiger partial charge in [0, 0.05) is 6.04 Å². The number of nitrogens with one attached hydrogen (secondary N) is 2. The molecule has 2 rings (SSSR count). The lowest BCUT2D eigenvalue weighted by Crippen LogP contribution is -2.55. The molecule has 0 radical (unpaired) electrons. The molecule has 1 heterocycles. The standard InChI is InChI=1S/C11H18N2OS/c1-11(2,3)6-4-7-8(5-6)12-10(15)13-9(7)14/h6-8H,4-5H2,1-3H3,(H2,12,13,14,15)/t6-,7-,8+/m1/s1. The highest BCUT2D eigenvalue weighted by Crippen LogP contribution is 2.42. The second-order valence-corrected chi connectivity index (χ2v) is 6.12. The van der Waals surface area contributed by atoms with Gasteiger partial charge in [-0.1, -0.05) is 20.8 Å². The molecule has 4 heteroatoms. The molecule has 0 bridgehead atoms. The second kappa shape index (κ2) is 3.44. The topological polar surface area (TPSA) is 41.1 Å². The highest BCUT2D eigenvalue weighted by atomic mass is 32.1. The highest BCUT2D eigenvalue weighted by Gasteiger charge is 2.45. The van der Waals surface area contributed by atoms with Crippen LogP contribution < -0.4 is 10.6 Å².